The Morgan fingerprint density at radius 2 is 1.27 bits per heavy atom. The molecule has 1 amide bonds. The number of carboxylic acids is 1. The molecule has 150 valence electrons. The number of hydrogen-bond donors (Lipinski definition) is 2. The van der Waals surface area contributed by atoms with E-state index in [2.05, 4.69) is 12.2 Å². The SMILES string of the molecule is CCCCCCCCCCCCCCC(=O)N[C@H](C(=O)O)[C@@H](C)CC.[H-].[Na+]. The van der Waals surface area contributed by atoms with Crippen molar-refractivity contribution in [2.45, 2.75) is 117 Å². The standard InChI is InChI=1S/C21H41NO3.Na.H/c1-4-6-7-8-9-10-11-12-13-14-15-16-17-19(23)22-20(21(24)25)18(3)5-2;;/h18,20H,4-17H2,1-3H3,(H,22,23)(H,24,25);;/q;+1;-1/t18-,20-;;/m0../s1. The molecule has 0 saturated heterocycles. The molecule has 0 aromatic carbocycles. The van der Waals surface area contributed by atoms with Gasteiger partial charge in [0, 0.05) is 6.42 Å². The zero-order valence-corrected chi connectivity index (χ0v) is 19.8. The molecule has 2 N–H and O–H groups in total. The first-order chi connectivity index (χ1) is 12.0. The van der Waals surface area contributed by atoms with Gasteiger partial charge < -0.3 is 11.8 Å². The van der Waals surface area contributed by atoms with Crippen LogP contribution in [-0.2, 0) is 9.59 Å². The van der Waals surface area contributed by atoms with Crippen LogP contribution in [0.2, 0.25) is 0 Å². The number of amides is 1. The minimum atomic E-state index is -0.933. The smallest absolute Gasteiger partial charge is 1.00 e. The van der Waals surface area contributed by atoms with Crippen LogP contribution < -0.4 is 34.9 Å². The maximum Gasteiger partial charge on any atom is 1.00 e. The number of aliphatic carboxylic acids is 1. The fraction of sp³-hybridized carbons (Fsp3) is 0.905. The van der Waals surface area contributed by atoms with E-state index in [-0.39, 0.29) is 42.8 Å². The van der Waals surface area contributed by atoms with Crippen molar-refractivity contribution in [3.05, 3.63) is 0 Å². The van der Waals surface area contributed by atoms with Gasteiger partial charge in [0.15, 0.2) is 0 Å². The number of unbranched alkanes of at least 4 members (excludes halogenated alkanes) is 11. The molecule has 0 saturated carbocycles. The number of rotatable bonds is 17. The molecule has 0 aliphatic carbocycles. The van der Waals surface area contributed by atoms with E-state index in [0.29, 0.717) is 6.42 Å². The molecule has 5 heteroatoms. The van der Waals surface area contributed by atoms with Gasteiger partial charge in [0.25, 0.3) is 0 Å². The third kappa shape index (κ3) is 16.1. The molecule has 0 fully saturated rings. The van der Waals surface area contributed by atoms with Crippen LogP contribution in [0.25, 0.3) is 0 Å². The summed E-state index contributed by atoms with van der Waals surface area (Å²) < 4.78 is 0. The van der Waals surface area contributed by atoms with Crippen LogP contribution in [0.5, 0.6) is 0 Å². The molecule has 0 spiro atoms. The average Bonchev–Trinajstić information content (AvgIpc) is 2.59. The van der Waals surface area contributed by atoms with Crippen LogP contribution >= 0.6 is 0 Å². The molecule has 4 nitrogen and oxygen atoms in total. The van der Waals surface area contributed by atoms with Crippen LogP contribution in [-0.4, -0.2) is 23.0 Å². The first-order valence-corrected chi connectivity index (χ1v) is 10.5. The molecule has 2 atom stereocenters. The van der Waals surface area contributed by atoms with Gasteiger partial charge in [-0.05, 0) is 12.3 Å². The molecule has 26 heavy (non-hydrogen) atoms. The van der Waals surface area contributed by atoms with Crippen LogP contribution in [0.1, 0.15) is 112 Å². The van der Waals surface area contributed by atoms with E-state index in [4.69, 9.17) is 0 Å². The van der Waals surface area contributed by atoms with Crippen molar-refractivity contribution in [2.75, 3.05) is 0 Å². The topological polar surface area (TPSA) is 66.4 Å². The zero-order chi connectivity index (χ0) is 18.9. The second-order valence-corrected chi connectivity index (χ2v) is 7.41. The molecule has 0 radical (unpaired) electrons. The van der Waals surface area contributed by atoms with E-state index in [1.54, 1.807) is 0 Å². The van der Waals surface area contributed by atoms with Crippen molar-refractivity contribution in [2.24, 2.45) is 5.92 Å². The minimum absolute atomic E-state index is 0. The number of carbonyl (C=O) groups is 2. The Hall–Kier alpha value is -0.0600. The van der Waals surface area contributed by atoms with Crippen LogP contribution in [0, 0.1) is 5.92 Å². The molecule has 0 aromatic heterocycles. The van der Waals surface area contributed by atoms with Gasteiger partial charge in [0.05, 0.1) is 0 Å². The fourth-order valence-corrected chi connectivity index (χ4v) is 3.06. The Bertz CT molecular complexity index is 356. The third-order valence-corrected chi connectivity index (χ3v) is 5.05. The van der Waals surface area contributed by atoms with Crippen LogP contribution in [0.15, 0.2) is 0 Å². The summed E-state index contributed by atoms with van der Waals surface area (Å²) in [6.45, 7) is 6.06. The quantitative estimate of drug-likeness (QED) is 0.302. The number of hydrogen-bond acceptors (Lipinski definition) is 2. The van der Waals surface area contributed by atoms with Crippen molar-refractivity contribution in [3.8, 4) is 0 Å². The second-order valence-electron chi connectivity index (χ2n) is 7.41. The van der Waals surface area contributed by atoms with Crippen LogP contribution in [0.3, 0.4) is 0 Å². The van der Waals surface area contributed by atoms with Gasteiger partial charge in [-0.25, -0.2) is 4.79 Å². The fourth-order valence-electron chi connectivity index (χ4n) is 3.06. The Balaban J connectivity index is -0.00000288. The Morgan fingerprint density at radius 1 is 0.846 bits per heavy atom. The number of carboxylic acid groups (broad SMARTS) is 1. The normalized spacial score (nSPS) is 12.9. The van der Waals surface area contributed by atoms with Crippen molar-refractivity contribution in [3.63, 3.8) is 0 Å². The number of nitrogens with one attached hydrogen (secondary N) is 1. The van der Waals surface area contributed by atoms with Gasteiger partial charge in [-0.2, -0.15) is 0 Å². The molecular weight excluding hydrogens is 337 g/mol. The molecule has 0 aromatic rings. The Kier molecular flexibility index (Phi) is 21.3. The molecular formula is C21H42NNaO3. The van der Waals surface area contributed by atoms with Crippen LogP contribution in [0.4, 0.5) is 0 Å². The summed E-state index contributed by atoms with van der Waals surface area (Å²) in [6, 6.07) is -0.755. The van der Waals surface area contributed by atoms with Crippen molar-refractivity contribution >= 4 is 11.9 Å². The van der Waals surface area contributed by atoms with Gasteiger partial charge in [0.1, 0.15) is 6.04 Å². The van der Waals surface area contributed by atoms with E-state index in [1.807, 2.05) is 13.8 Å². The number of carbonyl (C=O) groups excluding carboxylic acids is 1. The Morgan fingerprint density at radius 3 is 1.65 bits per heavy atom. The first kappa shape index (κ1) is 28.2. The van der Waals surface area contributed by atoms with Gasteiger partial charge in [0.2, 0.25) is 5.91 Å². The molecule has 0 bridgehead atoms. The van der Waals surface area contributed by atoms with E-state index in [0.717, 1.165) is 19.3 Å². The maximum absolute atomic E-state index is 11.9. The molecule has 0 rings (SSSR count). The van der Waals surface area contributed by atoms with E-state index >= 15 is 0 Å². The summed E-state index contributed by atoms with van der Waals surface area (Å²) in [6.07, 6.45) is 16.4. The molecule has 0 aliphatic rings. The summed E-state index contributed by atoms with van der Waals surface area (Å²) in [5.74, 6) is -1.10. The third-order valence-electron chi connectivity index (χ3n) is 5.05. The summed E-state index contributed by atoms with van der Waals surface area (Å²) in [7, 11) is 0. The predicted octanol–water partition coefficient (Wildman–Crippen LogP) is 2.81. The molecule has 0 unspecified atom stereocenters. The van der Waals surface area contributed by atoms with Gasteiger partial charge >= 0.3 is 35.5 Å². The van der Waals surface area contributed by atoms with E-state index in [1.165, 1.54) is 64.2 Å². The van der Waals surface area contributed by atoms with Crippen molar-refractivity contribution in [1.82, 2.24) is 5.32 Å². The minimum Gasteiger partial charge on any atom is -1.00 e. The summed E-state index contributed by atoms with van der Waals surface area (Å²) in [4.78, 5) is 23.1. The van der Waals surface area contributed by atoms with Gasteiger partial charge in [-0.3, -0.25) is 4.79 Å². The summed E-state index contributed by atoms with van der Waals surface area (Å²) in [5.41, 5.74) is 0. The molecule has 0 aliphatic heterocycles. The van der Waals surface area contributed by atoms with Crippen molar-refractivity contribution < 1.29 is 45.7 Å². The van der Waals surface area contributed by atoms with Gasteiger partial charge in [-0.15, -0.1) is 0 Å². The summed E-state index contributed by atoms with van der Waals surface area (Å²) in [5, 5.41) is 11.9. The van der Waals surface area contributed by atoms with E-state index in [9.17, 15) is 14.7 Å². The monoisotopic (exact) mass is 379 g/mol. The predicted molar refractivity (Wildman–Crippen MR) is 106 cm³/mol. The van der Waals surface area contributed by atoms with Crippen molar-refractivity contribution in [1.29, 1.82) is 0 Å². The maximum atomic E-state index is 11.9. The molecule has 0 heterocycles. The summed E-state index contributed by atoms with van der Waals surface area (Å²) >= 11 is 0. The second kappa shape index (κ2) is 19.7. The van der Waals surface area contributed by atoms with Gasteiger partial charge in [-0.1, -0.05) is 97.8 Å². The first-order valence-electron chi connectivity index (χ1n) is 10.5. The Labute approximate surface area is 185 Å². The average molecular weight is 380 g/mol. The largest absolute Gasteiger partial charge is 1.00 e. The van der Waals surface area contributed by atoms with E-state index < -0.39 is 12.0 Å². The zero-order valence-electron chi connectivity index (χ0n) is 18.8.